The molecule has 0 N–H and O–H groups in total. The smallest absolute Gasteiger partial charge is 0.301 e. The van der Waals surface area contributed by atoms with Gasteiger partial charge in [0.25, 0.3) is 5.91 Å². The van der Waals surface area contributed by atoms with Crippen LogP contribution >= 0.6 is 0 Å². The van der Waals surface area contributed by atoms with Gasteiger partial charge in [0.2, 0.25) is 5.91 Å². The molecule has 6 nitrogen and oxygen atoms in total. The maximum absolute atomic E-state index is 12.3. The average Bonchev–Trinajstić information content (AvgIpc) is 3.40. The van der Waals surface area contributed by atoms with Gasteiger partial charge in [-0.2, -0.15) is 5.26 Å². The van der Waals surface area contributed by atoms with Crippen molar-refractivity contribution in [2.75, 3.05) is 0 Å². The number of rotatable bonds is 2. The van der Waals surface area contributed by atoms with Gasteiger partial charge < -0.3 is 4.90 Å². The fourth-order valence-corrected chi connectivity index (χ4v) is 4.06. The number of carbonyl (C=O) groups excluding carboxylic acids is 2. The Morgan fingerprint density at radius 3 is 2.27 bits per heavy atom. The van der Waals surface area contributed by atoms with Crippen molar-refractivity contribution in [2.45, 2.75) is 50.0 Å². The zero-order valence-electron chi connectivity index (χ0n) is 12.1. The highest BCUT2D eigenvalue weighted by molar-refractivity contribution is 5.98. The Morgan fingerprint density at radius 2 is 1.64 bits per heavy atom. The Balaban J connectivity index is 1.43. The van der Waals surface area contributed by atoms with E-state index >= 15 is 0 Å². The van der Waals surface area contributed by atoms with Gasteiger partial charge in [-0.25, -0.2) is 6.57 Å². The van der Waals surface area contributed by atoms with Crippen LogP contribution in [0.25, 0.3) is 4.85 Å². The van der Waals surface area contributed by atoms with Gasteiger partial charge in [0.05, 0.1) is 6.07 Å². The predicted octanol–water partition coefficient (Wildman–Crippen LogP) is 0.922. The molecule has 2 aliphatic heterocycles. The van der Waals surface area contributed by atoms with E-state index < -0.39 is 0 Å². The summed E-state index contributed by atoms with van der Waals surface area (Å²) in [6.45, 7) is 7.17. The van der Waals surface area contributed by atoms with E-state index in [9.17, 15) is 9.59 Å². The molecule has 0 spiro atoms. The molecule has 6 atom stereocenters. The largest absolute Gasteiger partial charge is 0.320 e. The molecule has 2 aliphatic carbocycles. The van der Waals surface area contributed by atoms with Gasteiger partial charge in [0.1, 0.15) is 6.04 Å². The first-order chi connectivity index (χ1) is 10.6. The Hall–Kier alpha value is -2.34. The quantitative estimate of drug-likeness (QED) is 0.562. The highest BCUT2D eigenvalue weighted by Gasteiger charge is 2.57. The Bertz CT molecular complexity index is 602. The van der Waals surface area contributed by atoms with Crippen LogP contribution in [0.4, 0.5) is 0 Å². The summed E-state index contributed by atoms with van der Waals surface area (Å²) in [5, 5.41) is 9.10. The van der Waals surface area contributed by atoms with Crippen LogP contribution in [0.5, 0.6) is 0 Å². The van der Waals surface area contributed by atoms with Crippen LogP contribution in [0.1, 0.15) is 25.7 Å². The van der Waals surface area contributed by atoms with Crippen molar-refractivity contribution in [2.24, 2.45) is 11.8 Å². The number of hydrogen-bond donors (Lipinski definition) is 0. The molecular weight excluding hydrogens is 280 g/mol. The molecule has 0 aromatic carbocycles. The molecule has 0 bridgehead atoms. The van der Waals surface area contributed by atoms with E-state index in [0.29, 0.717) is 11.8 Å². The lowest BCUT2D eigenvalue weighted by molar-refractivity contribution is -0.129. The lowest BCUT2D eigenvalue weighted by Gasteiger charge is -2.21. The third-order valence-electron chi connectivity index (χ3n) is 5.36. The summed E-state index contributed by atoms with van der Waals surface area (Å²) in [5.41, 5.74) is 0. The molecule has 2 heterocycles. The first kappa shape index (κ1) is 13.3. The first-order valence-corrected chi connectivity index (χ1v) is 7.73. The molecule has 112 valence electrons. The minimum absolute atomic E-state index is 0.187. The number of amides is 2. The third kappa shape index (κ3) is 1.91. The second kappa shape index (κ2) is 4.58. The van der Waals surface area contributed by atoms with Crippen LogP contribution in [0.15, 0.2) is 12.2 Å². The highest BCUT2D eigenvalue weighted by atomic mass is 16.2. The summed E-state index contributed by atoms with van der Waals surface area (Å²) in [6, 6.07) is 2.19. The zero-order valence-corrected chi connectivity index (χ0v) is 12.1. The van der Waals surface area contributed by atoms with E-state index in [0.717, 1.165) is 25.7 Å². The summed E-state index contributed by atoms with van der Waals surface area (Å²) in [7, 11) is 0. The molecule has 4 aliphatic rings. The summed E-state index contributed by atoms with van der Waals surface area (Å²) in [4.78, 5) is 31.3. The van der Waals surface area contributed by atoms with Crippen molar-refractivity contribution in [3.8, 4) is 6.07 Å². The summed E-state index contributed by atoms with van der Waals surface area (Å²) in [6.07, 6.45) is 5.66. The molecule has 2 saturated heterocycles. The number of fused-ring (bicyclic) bond motifs is 2. The maximum atomic E-state index is 12.3. The number of likely N-dealkylation sites (tertiary alicyclic amines) is 2. The molecule has 0 radical (unpaired) electrons. The minimum Gasteiger partial charge on any atom is -0.320 e. The second-order valence-electron chi connectivity index (χ2n) is 6.68. The molecule has 22 heavy (non-hydrogen) atoms. The summed E-state index contributed by atoms with van der Waals surface area (Å²) >= 11 is 0. The van der Waals surface area contributed by atoms with Crippen molar-refractivity contribution in [3.05, 3.63) is 23.6 Å². The van der Waals surface area contributed by atoms with Crippen molar-refractivity contribution >= 4 is 11.8 Å². The van der Waals surface area contributed by atoms with Crippen molar-refractivity contribution < 1.29 is 9.59 Å². The van der Waals surface area contributed by atoms with E-state index in [2.05, 4.69) is 10.9 Å². The average molecular weight is 296 g/mol. The second-order valence-corrected chi connectivity index (χ2v) is 6.68. The number of hydrogen-bond acceptors (Lipinski definition) is 3. The lowest BCUT2D eigenvalue weighted by atomic mass is 10.2. The first-order valence-electron chi connectivity index (χ1n) is 7.73. The molecule has 6 heteroatoms. The lowest BCUT2D eigenvalue weighted by Crippen LogP contribution is -2.38. The van der Waals surface area contributed by atoms with Crippen LogP contribution in [-0.2, 0) is 9.59 Å². The highest BCUT2D eigenvalue weighted by Crippen LogP contribution is 2.49. The monoisotopic (exact) mass is 296 g/mol. The van der Waals surface area contributed by atoms with E-state index in [1.807, 2.05) is 0 Å². The molecule has 0 unspecified atom stereocenters. The summed E-state index contributed by atoms with van der Waals surface area (Å²) in [5.74, 6) is 0.436. The van der Waals surface area contributed by atoms with Crippen LogP contribution in [0.2, 0.25) is 0 Å². The van der Waals surface area contributed by atoms with Gasteiger partial charge in [-0.15, -0.1) is 0 Å². The van der Waals surface area contributed by atoms with Gasteiger partial charge in [-0.05, 0) is 31.1 Å². The van der Waals surface area contributed by atoms with E-state index in [-0.39, 0.29) is 36.1 Å². The van der Waals surface area contributed by atoms with Crippen LogP contribution in [-0.4, -0.2) is 45.9 Å². The standard InChI is InChI=1S/C16H16N4O2/c1-18-14-7-10-6-13(10)20(14)16(22)3-2-15(21)19-11(8-17)4-9-5-12(9)19/h2-3,9-14H,4-7H2/t9-,10+,11+,12+,13+,14+/m1/s1. The molecular formula is C16H16N4O2. The molecule has 4 rings (SSSR count). The van der Waals surface area contributed by atoms with E-state index in [1.54, 1.807) is 9.80 Å². The van der Waals surface area contributed by atoms with Crippen molar-refractivity contribution in [3.63, 3.8) is 0 Å². The van der Waals surface area contributed by atoms with Gasteiger partial charge in [-0.3, -0.25) is 19.3 Å². The molecule has 4 fully saturated rings. The normalized spacial score (nSPS) is 40.8. The van der Waals surface area contributed by atoms with Crippen LogP contribution < -0.4 is 0 Å². The SMILES string of the molecule is [C-]#[N+][C@@H]1C[C@@H]2C[C@@H]2N1C(=O)C=CC(=O)N1[C@H](C#N)C[C@@H]2C[C@@H]21. The minimum atomic E-state index is -0.373. The fraction of sp³-hybridized carbons (Fsp3) is 0.625. The Labute approximate surface area is 128 Å². The fourth-order valence-electron chi connectivity index (χ4n) is 4.06. The number of nitrogens with zero attached hydrogens (tertiary/aromatic N) is 4. The number of nitriles is 1. The van der Waals surface area contributed by atoms with Gasteiger partial charge in [-0.1, -0.05) is 0 Å². The topological polar surface area (TPSA) is 68.8 Å². The van der Waals surface area contributed by atoms with Gasteiger partial charge in [0, 0.05) is 30.7 Å². The Morgan fingerprint density at radius 1 is 1.05 bits per heavy atom. The van der Waals surface area contributed by atoms with E-state index in [1.165, 1.54) is 12.2 Å². The maximum Gasteiger partial charge on any atom is 0.301 e. The third-order valence-corrected chi connectivity index (χ3v) is 5.36. The Kier molecular flexibility index (Phi) is 2.77. The number of carbonyl (C=O) groups is 2. The summed E-state index contributed by atoms with van der Waals surface area (Å²) < 4.78 is 0. The van der Waals surface area contributed by atoms with Crippen LogP contribution in [0.3, 0.4) is 0 Å². The van der Waals surface area contributed by atoms with Crippen molar-refractivity contribution in [1.82, 2.24) is 9.80 Å². The zero-order chi connectivity index (χ0) is 15.4. The van der Waals surface area contributed by atoms with Gasteiger partial charge in [0.15, 0.2) is 0 Å². The van der Waals surface area contributed by atoms with E-state index in [4.69, 9.17) is 11.8 Å². The predicted molar refractivity (Wildman–Crippen MR) is 75.6 cm³/mol. The molecule has 0 aromatic rings. The molecule has 2 saturated carbocycles. The number of piperidine rings is 2. The van der Waals surface area contributed by atoms with Crippen molar-refractivity contribution in [1.29, 1.82) is 5.26 Å². The molecule has 0 aromatic heterocycles. The molecule has 2 amide bonds. The van der Waals surface area contributed by atoms with Crippen LogP contribution in [0, 0.1) is 29.7 Å². The van der Waals surface area contributed by atoms with Gasteiger partial charge >= 0.3 is 6.17 Å².